The van der Waals surface area contributed by atoms with E-state index < -0.39 is 56.8 Å². The summed E-state index contributed by atoms with van der Waals surface area (Å²) in [5, 5.41) is 0. The van der Waals surface area contributed by atoms with Crippen LogP contribution in [0.5, 0.6) is 0 Å². The summed E-state index contributed by atoms with van der Waals surface area (Å²) >= 11 is 0. The molecule has 5 aromatic rings. The number of aryl methyl sites for hydroxylation is 2. The molecule has 55 heavy (non-hydrogen) atoms. The van der Waals surface area contributed by atoms with E-state index in [0.717, 1.165) is 39.0 Å². The fraction of sp³-hybridized carbons (Fsp3) is 0.279. The monoisotopic (exact) mass is 782 g/mol. The first kappa shape index (κ1) is 40.0. The van der Waals surface area contributed by atoms with Gasteiger partial charge in [-0.25, -0.2) is 21.1 Å². The fourth-order valence-electron chi connectivity index (χ4n) is 6.73. The highest BCUT2D eigenvalue weighted by Gasteiger charge is 2.57. The molecule has 4 atom stereocenters. The summed E-state index contributed by atoms with van der Waals surface area (Å²) in [6, 6.07) is 38.7. The average Bonchev–Trinajstić information content (AvgIpc) is 3.48. The molecular weight excluding hydrogens is 737 g/mol. The zero-order valence-corrected chi connectivity index (χ0v) is 32.7. The van der Waals surface area contributed by atoms with Crippen molar-refractivity contribution in [3.63, 3.8) is 0 Å². The van der Waals surface area contributed by atoms with E-state index in [1.165, 1.54) is 28.6 Å². The van der Waals surface area contributed by atoms with E-state index in [9.17, 15) is 13.2 Å². The van der Waals surface area contributed by atoms with Crippen molar-refractivity contribution >= 4 is 26.0 Å². The maximum absolute atomic E-state index is 15.1. The standard InChI is InChI=1S/C43H46N2O8S2/c1-32-19-23-38(24-20-32)54(47,48)44(34(3)46)27-40-42(52-29-36-15-9-5-10-16-36)43(53-30-37-17-11-6-12-18-37)41(31-51-28-35-13-7-4-8-14-35)45(40)55(49,50)39-25-21-33(2)22-26-39/h4-26,40-43H,27-31H2,1-3H3/t40-,41-,42+,43+/m0/s1. The number of carbonyl (C=O) groups excluding carboxylic acids is 1. The van der Waals surface area contributed by atoms with Gasteiger partial charge < -0.3 is 14.2 Å². The molecule has 1 aliphatic heterocycles. The summed E-state index contributed by atoms with van der Waals surface area (Å²) in [7, 11) is -8.85. The summed E-state index contributed by atoms with van der Waals surface area (Å²) in [5.41, 5.74) is 4.24. The Kier molecular flexibility index (Phi) is 13.0. The molecule has 12 heteroatoms. The molecule has 0 unspecified atom stereocenters. The minimum Gasteiger partial charge on any atom is -0.375 e. The Morgan fingerprint density at radius 3 is 1.45 bits per heavy atom. The van der Waals surface area contributed by atoms with Crippen LogP contribution < -0.4 is 0 Å². The van der Waals surface area contributed by atoms with Crippen LogP contribution in [0, 0.1) is 13.8 Å². The Morgan fingerprint density at radius 2 is 1.00 bits per heavy atom. The molecule has 1 aliphatic rings. The molecule has 1 amide bonds. The number of benzene rings is 5. The molecule has 0 spiro atoms. The van der Waals surface area contributed by atoms with E-state index in [1.54, 1.807) is 24.3 Å². The molecule has 0 aliphatic carbocycles. The van der Waals surface area contributed by atoms with Gasteiger partial charge in [0.1, 0.15) is 12.2 Å². The number of rotatable bonds is 16. The van der Waals surface area contributed by atoms with Crippen LogP contribution in [0.25, 0.3) is 0 Å². The first-order chi connectivity index (χ1) is 26.4. The second-order valence-electron chi connectivity index (χ2n) is 13.7. The largest absolute Gasteiger partial charge is 0.375 e. The van der Waals surface area contributed by atoms with Crippen molar-refractivity contribution in [3.05, 3.63) is 167 Å². The molecule has 1 fully saturated rings. The van der Waals surface area contributed by atoms with Crippen LogP contribution in [0.4, 0.5) is 0 Å². The first-order valence-electron chi connectivity index (χ1n) is 18.1. The Labute approximate surface area is 324 Å². The van der Waals surface area contributed by atoms with Gasteiger partial charge in [0, 0.05) is 6.92 Å². The van der Waals surface area contributed by atoms with Crippen LogP contribution in [0.15, 0.2) is 149 Å². The number of sulfonamides is 2. The maximum Gasteiger partial charge on any atom is 0.266 e. The average molecular weight is 783 g/mol. The van der Waals surface area contributed by atoms with Crippen LogP contribution in [0.2, 0.25) is 0 Å². The molecule has 0 aromatic heterocycles. The minimum absolute atomic E-state index is 0.00237. The lowest BCUT2D eigenvalue weighted by Gasteiger charge is -2.33. The van der Waals surface area contributed by atoms with E-state index in [4.69, 9.17) is 14.2 Å². The number of ether oxygens (including phenoxy) is 3. The summed E-state index contributed by atoms with van der Waals surface area (Å²) in [6.45, 7) is 4.53. The summed E-state index contributed by atoms with van der Waals surface area (Å²) in [6.07, 6.45) is -2.01. The zero-order chi connectivity index (χ0) is 39.0. The van der Waals surface area contributed by atoms with Crippen molar-refractivity contribution in [2.75, 3.05) is 13.2 Å². The Morgan fingerprint density at radius 1 is 0.582 bits per heavy atom. The number of amides is 1. The van der Waals surface area contributed by atoms with E-state index in [1.807, 2.05) is 105 Å². The molecule has 288 valence electrons. The van der Waals surface area contributed by atoms with Gasteiger partial charge in [-0.3, -0.25) is 4.79 Å². The topological polar surface area (TPSA) is 120 Å². The molecule has 0 radical (unpaired) electrons. The van der Waals surface area contributed by atoms with Gasteiger partial charge in [-0.2, -0.15) is 4.31 Å². The van der Waals surface area contributed by atoms with Gasteiger partial charge in [0.25, 0.3) is 10.0 Å². The molecule has 1 heterocycles. The zero-order valence-electron chi connectivity index (χ0n) is 31.1. The highest BCUT2D eigenvalue weighted by atomic mass is 32.2. The van der Waals surface area contributed by atoms with Gasteiger partial charge in [0.2, 0.25) is 15.9 Å². The summed E-state index contributed by atoms with van der Waals surface area (Å²) < 4.78 is 80.3. The van der Waals surface area contributed by atoms with Crippen molar-refractivity contribution in [2.45, 2.75) is 74.7 Å². The van der Waals surface area contributed by atoms with Crippen LogP contribution in [0.1, 0.15) is 34.7 Å². The lowest BCUT2D eigenvalue weighted by Crippen LogP contribution is -2.52. The van der Waals surface area contributed by atoms with Gasteiger partial charge in [-0.05, 0) is 54.8 Å². The molecule has 1 saturated heterocycles. The van der Waals surface area contributed by atoms with E-state index in [2.05, 4.69) is 0 Å². The highest BCUT2D eigenvalue weighted by Crippen LogP contribution is 2.38. The lowest BCUT2D eigenvalue weighted by molar-refractivity contribution is -0.125. The summed E-state index contributed by atoms with van der Waals surface area (Å²) in [5.74, 6) is -0.777. The third kappa shape index (κ3) is 9.58. The quantitative estimate of drug-likeness (QED) is 0.109. The van der Waals surface area contributed by atoms with Crippen molar-refractivity contribution in [1.82, 2.24) is 8.61 Å². The van der Waals surface area contributed by atoms with E-state index >= 15 is 8.42 Å². The van der Waals surface area contributed by atoms with Crippen molar-refractivity contribution in [1.29, 1.82) is 0 Å². The van der Waals surface area contributed by atoms with E-state index in [-0.39, 0.29) is 36.2 Å². The van der Waals surface area contributed by atoms with Crippen LogP contribution in [0.3, 0.4) is 0 Å². The normalized spacial score (nSPS) is 19.0. The van der Waals surface area contributed by atoms with Crippen LogP contribution in [-0.2, 0) is 58.9 Å². The molecule has 10 nitrogen and oxygen atoms in total. The number of carbonyl (C=O) groups is 1. The van der Waals surface area contributed by atoms with Gasteiger partial charge in [0.05, 0.1) is 54.8 Å². The summed E-state index contributed by atoms with van der Waals surface area (Å²) in [4.78, 5) is 13.4. The van der Waals surface area contributed by atoms with Crippen LogP contribution >= 0.6 is 0 Å². The highest BCUT2D eigenvalue weighted by molar-refractivity contribution is 7.90. The third-order valence-corrected chi connectivity index (χ3v) is 13.4. The van der Waals surface area contributed by atoms with Crippen molar-refractivity contribution in [3.8, 4) is 0 Å². The van der Waals surface area contributed by atoms with Crippen LogP contribution in [-0.4, -0.2) is 68.8 Å². The number of hydrogen-bond donors (Lipinski definition) is 0. The van der Waals surface area contributed by atoms with Gasteiger partial charge >= 0.3 is 0 Å². The lowest BCUT2D eigenvalue weighted by atomic mass is 10.1. The third-order valence-electron chi connectivity index (χ3n) is 9.62. The molecule has 0 N–H and O–H groups in total. The molecule has 0 bridgehead atoms. The Hall–Kier alpha value is -4.69. The van der Waals surface area contributed by atoms with Crippen molar-refractivity contribution in [2.24, 2.45) is 0 Å². The number of hydrogen-bond acceptors (Lipinski definition) is 8. The minimum atomic E-state index is -4.44. The molecule has 5 aromatic carbocycles. The Bertz CT molecular complexity index is 2220. The molecule has 6 rings (SSSR count). The van der Waals surface area contributed by atoms with Crippen molar-refractivity contribution < 1.29 is 35.8 Å². The van der Waals surface area contributed by atoms with E-state index in [0.29, 0.717) is 0 Å². The predicted octanol–water partition coefficient (Wildman–Crippen LogP) is 6.67. The van der Waals surface area contributed by atoms with Gasteiger partial charge in [0.15, 0.2) is 0 Å². The molecular formula is C43H46N2O8S2. The predicted molar refractivity (Wildman–Crippen MR) is 210 cm³/mol. The molecule has 0 saturated carbocycles. The number of nitrogens with zero attached hydrogens (tertiary/aromatic N) is 2. The smallest absolute Gasteiger partial charge is 0.266 e. The maximum atomic E-state index is 15.1. The second kappa shape index (κ2) is 17.8. The van der Waals surface area contributed by atoms with Gasteiger partial charge in [-0.1, -0.05) is 126 Å². The van der Waals surface area contributed by atoms with Gasteiger partial charge in [-0.15, -0.1) is 0 Å². The second-order valence-corrected chi connectivity index (χ2v) is 17.4. The fourth-order valence-corrected chi connectivity index (χ4v) is 9.96. The Balaban J connectivity index is 1.49. The SMILES string of the molecule is CC(=O)N(C[C@H]1[C@@H](OCc2ccccc2)[C@H](OCc2ccccc2)[C@H](COCc2ccccc2)N1S(=O)(=O)c1ccc(C)cc1)S(=O)(=O)c1ccc(C)cc1. The first-order valence-corrected chi connectivity index (χ1v) is 21.0.